The van der Waals surface area contributed by atoms with E-state index in [1.807, 2.05) is 11.4 Å². The molecular formula is C17H17N3O4S. The number of nitrogens with one attached hydrogen (secondary N) is 1. The van der Waals surface area contributed by atoms with Gasteiger partial charge in [0.2, 0.25) is 5.91 Å². The van der Waals surface area contributed by atoms with Gasteiger partial charge in [-0.2, -0.15) is 0 Å². The van der Waals surface area contributed by atoms with Gasteiger partial charge in [0, 0.05) is 36.8 Å². The predicted octanol–water partition coefficient (Wildman–Crippen LogP) is 3.15. The van der Waals surface area contributed by atoms with Gasteiger partial charge in [-0.3, -0.25) is 19.7 Å². The van der Waals surface area contributed by atoms with Crippen molar-refractivity contribution in [3.05, 3.63) is 56.8 Å². The fourth-order valence-electron chi connectivity index (χ4n) is 2.81. The lowest BCUT2D eigenvalue weighted by Crippen LogP contribution is -2.41. The van der Waals surface area contributed by atoms with Crippen LogP contribution in [0.5, 0.6) is 0 Å². The molecule has 1 aliphatic rings. The van der Waals surface area contributed by atoms with Crippen LogP contribution in [0.2, 0.25) is 0 Å². The third-order valence-electron chi connectivity index (χ3n) is 4.23. The van der Waals surface area contributed by atoms with E-state index in [9.17, 15) is 19.7 Å². The van der Waals surface area contributed by atoms with Gasteiger partial charge in [-0.25, -0.2) is 0 Å². The molecule has 1 aromatic heterocycles. The quantitative estimate of drug-likeness (QED) is 0.670. The van der Waals surface area contributed by atoms with Gasteiger partial charge in [-0.05, 0) is 36.4 Å². The minimum atomic E-state index is -0.480. The average Bonchev–Trinajstić information content (AvgIpc) is 3.16. The first-order valence-corrected chi connectivity index (χ1v) is 8.80. The van der Waals surface area contributed by atoms with Gasteiger partial charge in [-0.15, -0.1) is 11.3 Å². The zero-order valence-corrected chi connectivity index (χ0v) is 14.2. The van der Waals surface area contributed by atoms with E-state index in [0.29, 0.717) is 36.5 Å². The lowest BCUT2D eigenvalue weighted by Gasteiger charge is -2.31. The predicted molar refractivity (Wildman–Crippen MR) is 94.7 cm³/mol. The number of thiophene rings is 1. The number of anilines is 1. The normalized spacial score (nSPS) is 15.0. The van der Waals surface area contributed by atoms with Gasteiger partial charge in [-0.1, -0.05) is 6.07 Å². The Hall–Kier alpha value is -2.74. The third kappa shape index (κ3) is 4.03. The Morgan fingerprint density at radius 2 is 1.84 bits per heavy atom. The van der Waals surface area contributed by atoms with Crippen molar-refractivity contribution in [1.82, 2.24) is 4.90 Å². The van der Waals surface area contributed by atoms with E-state index in [-0.39, 0.29) is 23.4 Å². The Bertz CT molecular complexity index is 766. The Labute approximate surface area is 148 Å². The Morgan fingerprint density at radius 3 is 2.40 bits per heavy atom. The highest BCUT2D eigenvalue weighted by Gasteiger charge is 2.28. The number of carbonyl (C=O) groups excluding carboxylic acids is 2. The lowest BCUT2D eigenvalue weighted by molar-refractivity contribution is -0.384. The third-order valence-corrected chi connectivity index (χ3v) is 5.09. The van der Waals surface area contributed by atoms with E-state index in [1.54, 1.807) is 11.0 Å². The summed E-state index contributed by atoms with van der Waals surface area (Å²) < 4.78 is 0. The molecule has 0 spiro atoms. The summed E-state index contributed by atoms with van der Waals surface area (Å²) in [5, 5.41) is 15.3. The van der Waals surface area contributed by atoms with Gasteiger partial charge in [0.05, 0.1) is 9.80 Å². The number of amides is 2. The van der Waals surface area contributed by atoms with Crippen LogP contribution in [0.15, 0.2) is 41.8 Å². The number of rotatable bonds is 4. The number of piperidine rings is 1. The summed E-state index contributed by atoms with van der Waals surface area (Å²) in [5.41, 5.74) is 0.520. The topological polar surface area (TPSA) is 92.5 Å². The minimum Gasteiger partial charge on any atom is -0.338 e. The highest BCUT2D eigenvalue weighted by molar-refractivity contribution is 7.12. The molecule has 0 unspecified atom stereocenters. The van der Waals surface area contributed by atoms with E-state index < -0.39 is 4.92 Å². The fourth-order valence-corrected chi connectivity index (χ4v) is 3.50. The molecule has 0 bridgehead atoms. The number of non-ortho nitro benzene ring substituents is 1. The van der Waals surface area contributed by atoms with E-state index >= 15 is 0 Å². The van der Waals surface area contributed by atoms with Crippen molar-refractivity contribution in [2.75, 3.05) is 18.4 Å². The Morgan fingerprint density at radius 1 is 1.16 bits per heavy atom. The highest BCUT2D eigenvalue weighted by atomic mass is 32.1. The molecule has 1 aliphatic heterocycles. The van der Waals surface area contributed by atoms with Crippen molar-refractivity contribution in [1.29, 1.82) is 0 Å². The van der Waals surface area contributed by atoms with Crippen LogP contribution in [0, 0.1) is 16.0 Å². The molecule has 0 radical (unpaired) electrons. The molecule has 8 heteroatoms. The van der Waals surface area contributed by atoms with Crippen LogP contribution in [0.25, 0.3) is 0 Å². The molecule has 2 heterocycles. The van der Waals surface area contributed by atoms with Crippen LogP contribution in [0.4, 0.5) is 11.4 Å². The number of hydrogen-bond acceptors (Lipinski definition) is 5. The maximum atomic E-state index is 12.3. The molecule has 1 N–H and O–H groups in total. The van der Waals surface area contributed by atoms with Crippen LogP contribution in [0.1, 0.15) is 22.5 Å². The molecule has 0 atom stereocenters. The first-order valence-electron chi connectivity index (χ1n) is 7.92. The van der Waals surface area contributed by atoms with E-state index in [2.05, 4.69) is 5.32 Å². The summed E-state index contributed by atoms with van der Waals surface area (Å²) in [6.45, 7) is 1.10. The van der Waals surface area contributed by atoms with Crippen LogP contribution in [0.3, 0.4) is 0 Å². The monoisotopic (exact) mass is 359 g/mol. The number of nitrogens with zero attached hydrogens (tertiary/aromatic N) is 2. The first kappa shape index (κ1) is 17.1. The van der Waals surface area contributed by atoms with E-state index in [4.69, 9.17) is 0 Å². The molecule has 2 amide bonds. The summed E-state index contributed by atoms with van der Waals surface area (Å²) in [7, 11) is 0. The van der Waals surface area contributed by atoms with Gasteiger partial charge in [0.25, 0.3) is 11.6 Å². The van der Waals surface area contributed by atoms with Gasteiger partial charge in [0.15, 0.2) is 0 Å². The number of carbonyl (C=O) groups is 2. The molecule has 1 aromatic carbocycles. The zero-order valence-electron chi connectivity index (χ0n) is 13.4. The zero-order chi connectivity index (χ0) is 17.8. The maximum Gasteiger partial charge on any atom is 0.269 e. The summed E-state index contributed by atoms with van der Waals surface area (Å²) in [4.78, 5) is 37.3. The molecule has 0 saturated carbocycles. The SMILES string of the molecule is O=C(Nc1ccc([N+](=O)[O-])cc1)C1CCN(C(=O)c2cccs2)CC1. The molecule has 2 aromatic rings. The molecule has 130 valence electrons. The summed E-state index contributed by atoms with van der Waals surface area (Å²) in [5.74, 6) is -0.260. The van der Waals surface area contributed by atoms with Crippen LogP contribution >= 0.6 is 11.3 Å². The maximum absolute atomic E-state index is 12.3. The standard InChI is InChI=1S/C17H17N3O4S/c21-16(18-13-3-5-14(6-4-13)20(23)24)12-7-9-19(10-8-12)17(22)15-2-1-11-25-15/h1-6,11-12H,7-10H2,(H,18,21). The minimum absolute atomic E-state index is 0.0154. The first-order chi connectivity index (χ1) is 12.0. The molecule has 1 saturated heterocycles. The molecule has 3 rings (SSSR count). The van der Waals surface area contributed by atoms with Crippen molar-refractivity contribution < 1.29 is 14.5 Å². The fraction of sp³-hybridized carbons (Fsp3) is 0.294. The largest absolute Gasteiger partial charge is 0.338 e. The summed E-state index contributed by atoms with van der Waals surface area (Å²) >= 11 is 1.42. The molecule has 7 nitrogen and oxygen atoms in total. The Balaban J connectivity index is 1.53. The second kappa shape index (κ2) is 7.43. The van der Waals surface area contributed by atoms with Gasteiger partial charge in [0.1, 0.15) is 0 Å². The average molecular weight is 359 g/mol. The smallest absolute Gasteiger partial charge is 0.269 e. The van der Waals surface area contributed by atoms with Crippen LogP contribution in [-0.4, -0.2) is 34.7 Å². The van der Waals surface area contributed by atoms with Crippen LogP contribution in [-0.2, 0) is 4.79 Å². The Kier molecular flexibility index (Phi) is 5.08. The van der Waals surface area contributed by atoms with Crippen molar-refractivity contribution in [2.24, 2.45) is 5.92 Å². The van der Waals surface area contributed by atoms with Crippen molar-refractivity contribution in [2.45, 2.75) is 12.8 Å². The number of nitro groups is 1. The number of benzene rings is 1. The molecular weight excluding hydrogens is 342 g/mol. The van der Waals surface area contributed by atoms with E-state index in [0.717, 1.165) is 0 Å². The second-order valence-electron chi connectivity index (χ2n) is 5.84. The molecule has 0 aliphatic carbocycles. The molecule has 25 heavy (non-hydrogen) atoms. The summed E-state index contributed by atoms with van der Waals surface area (Å²) in [6, 6.07) is 9.41. The summed E-state index contributed by atoms with van der Waals surface area (Å²) in [6.07, 6.45) is 1.21. The van der Waals surface area contributed by atoms with Crippen molar-refractivity contribution in [3.8, 4) is 0 Å². The van der Waals surface area contributed by atoms with Gasteiger partial charge >= 0.3 is 0 Å². The number of hydrogen-bond donors (Lipinski definition) is 1. The number of nitro benzene ring substituents is 1. The van der Waals surface area contributed by atoms with E-state index in [1.165, 1.54) is 35.6 Å². The highest BCUT2D eigenvalue weighted by Crippen LogP contribution is 2.23. The number of likely N-dealkylation sites (tertiary alicyclic amines) is 1. The lowest BCUT2D eigenvalue weighted by atomic mass is 9.95. The van der Waals surface area contributed by atoms with Crippen molar-refractivity contribution >= 4 is 34.5 Å². The second-order valence-corrected chi connectivity index (χ2v) is 6.78. The van der Waals surface area contributed by atoms with Gasteiger partial charge < -0.3 is 10.2 Å². The van der Waals surface area contributed by atoms with Crippen molar-refractivity contribution in [3.63, 3.8) is 0 Å². The molecule has 1 fully saturated rings. The van der Waals surface area contributed by atoms with Crippen LogP contribution < -0.4 is 5.32 Å².